The average Bonchev–Trinajstić information content (AvgIpc) is 2.99. The van der Waals surface area contributed by atoms with Crippen molar-refractivity contribution < 1.29 is 26.7 Å². The first-order chi connectivity index (χ1) is 20.2. The zero-order valence-corrected chi connectivity index (χ0v) is 24.8. The summed E-state index contributed by atoms with van der Waals surface area (Å²) in [6.07, 6.45) is 14.8. The van der Waals surface area contributed by atoms with E-state index in [-0.39, 0.29) is 24.6 Å². The second kappa shape index (κ2) is 13.9. The van der Waals surface area contributed by atoms with Gasteiger partial charge in [0.25, 0.3) is 0 Å². The maximum absolute atomic E-state index is 15.4. The van der Waals surface area contributed by atoms with E-state index in [9.17, 15) is 17.6 Å². The maximum atomic E-state index is 15.4. The fourth-order valence-electron chi connectivity index (χ4n) is 7.92. The fourth-order valence-corrected chi connectivity index (χ4v) is 7.92. The van der Waals surface area contributed by atoms with Crippen molar-refractivity contribution >= 4 is 0 Å². The molecule has 230 valence electrons. The molecular weight excluding hydrogens is 543 g/mol. The molecule has 0 atom stereocenters. The Labute approximate surface area is 247 Å². The summed E-state index contributed by atoms with van der Waals surface area (Å²) in [5, 5.41) is 0. The monoisotopic (exact) mass is 588 g/mol. The molecule has 3 aliphatic carbocycles. The Hall–Kier alpha value is -2.37. The van der Waals surface area contributed by atoms with E-state index in [1.165, 1.54) is 44.9 Å². The molecule has 0 aliphatic heterocycles. The quantitative estimate of drug-likeness (QED) is 0.209. The summed E-state index contributed by atoms with van der Waals surface area (Å²) in [5.41, 5.74) is 1.68. The summed E-state index contributed by atoms with van der Waals surface area (Å²) >= 11 is 0. The molecule has 0 aromatic heterocycles. The maximum Gasteiger partial charge on any atom is 0.400 e. The van der Waals surface area contributed by atoms with E-state index in [0.717, 1.165) is 54.7 Å². The number of hydrogen-bond donors (Lipinski definition) is 0. The van der Waals surface area contributed by atoms with Crippen molar-refractivity contribution in [2.75, 3.05) is 0 Å². The molecule has 3 fully saturated rings. The van der Waals surface area contributed by atoms with E-state index < -0.39 is 29.4 Å². The highest BCUT2D eigenvalue weighted by atomic mass is 19.3. The Balaban J connectivity index is 1.09. The minimum atomic E-state index is -3.51. The highest BCUT2D eigenvalue weighted by molar-refractivity contribution is 5.30. The van der Waals surface area contributed by atoms with Crippen LogP contribution in [0.4, 0.5) is 22.0 Å². The van der Waals surface area contributed by atoms with Crippen LogP contribution in [-0.2, 0) is 0 Å². The van der Waals surface area contributed by atoms with Crippen molar-refractivity contribution in [2.45, 2.75) is 115 Å². The van der Waals surface area contributed by atoms with Gasteiger partial charge in [0, 0.05) is 6.07 Å². The SMILES string of the molecule is CC/C=C\CC1CCC(C2CCC(c3ccc(C4CCC(C(F)(F)Oc5ccc(F)c(F)c5)CC4)c(F)c3)CC2)CC1. The van der Waals surface area contributed by atoms with Crippen LogP contribution in [0.5, 0.6) is 5.75 Å². The second-order valence-corrected chi connectivity index (χ2v) is 13.1. The third-order valence-corrected chi connectivity index (χ3v) is 10.5. The van der Waals surface area contributed by atoms with Gasteiger partial charge in [0.2, 0.25) is 0 Å². The largest absolute Gasteiger partial charge is 0.432 e. The topological polar surface area (TPSA) is 9.23 Å². The van der Waals surface area contributed by atoms with Crippen LogP contribution < -0.4 is 4.74 Å². The summed E-state index contributed by atoms with van der Waals surface area (Å²) in [4.78, 5) is 0. The zero-order chi connectivity index (χ0) is 29.7. The van der Waals surface area contributed by atoms with Gasteiger partial charge in [-0.25, -0.2) is 13.2 Å². The van der Waals surface area contributed by atoms with E-state index in [0.29, 0.717) is 30.4 Å². The van der Waals surface area contributed by atoms with Crippen LogP contribution in [0, 0.1) is 41.1 Å². The Kier molecular flexibility index (Phi) is 10.3. The number of benzene rings is 2. The van der Waals surface area contributed by atoms with Crippen molar-refractivity contribution in [2.24, 2.45) is 23.7 Å². The fraction of sp³-hybridized carbons (Fsp3) is 0.611. The highest BCUT2D eigenvalue weighted by Crippen LogP contribution is 2.46. The minimum Gasteiger partial charge on any atom is -0.432 e. The van der Waals surface area contributed by atoms with Crippen LogP contribution in [0.3, 0.4) is 0 Å². The lowest BCUT2D eigenvalue weighted by molar-refractivity contribution is -0.222. The van der Waals surface area contributed by atoms with Gasteiger partial charge in [0.15, 0.2) is 11.6 Å². The Morgan fingerprint density at radius 1 is 0.690 bits per heavy atom. The van der Waals surface area contributed by atoms with Gasteiger partial charge in [-0.05, 0) is 149 Å². The van der Waals surface area contributed by atoms with Crippen LogP contribution in [0.15, 0.2) is 48.6 Å². The lowest BCUT2D eigenvalue weighted by atomic mass is 9.68. The van der Waals surface area contributed by atoms with Crippen molar-refractivity contribution in [3.05, 3.63) is 77.1 Å². The lowest BCUT2D eigenvalue weighted by Crippen LogP contribution is -2.37. The van der Waals surface area contributed by atoms with Gasteiger partial charge < -0.3 is 4.74 Å². The smallest absolute Gasteiger partial charge is 0.400 e. The zero-order valence-electron chi connectivity index (χ0n) is 24.8. The predicted octanol–water partition coefficient (Wildman–Crippen LogP) is 11.5. The lowest BCUT2D eigenvalue weighted by Gasteiger charge is -2.38. The van der Waals surface area contributed by atoms with Gasteiger partial charge in [0.1, 0.15) is 11.6 Å². The molecule has 2 aromatic rings. The van der Waals surface area contributed by atoms with Gasteiger partial charge in [0.05, 0.1) is 5.92 Å². The summed E-state index contributed by atoms with van der Waals surface area (Å²) in [6, 6.07) is 8.05. The molecule has 6 heteroatoms. The molecule has 5 rings (SSSR count). The van der Waals surface area contributed by atoms with Crippen LogP contribution in [0.25, 0.3) is 0 Å². The number of ether oxygens (including phenoxy) is 1. The van der Waals surface area contributed by atoms with Gasteiger partial charge in [-0.15, -0.1) is 0 Å². The molecule has 0 radical (unpaired) electrons. The van der Waals surface area contributed by atoms with Crippen molar-refractivity contribution in [3.63, 3.8) is 0 Å². The molecule has 0 unspecified atom stereocenters. The van der Waals surface area contributed by atoms with Gasteiger partial charge in [-0.1, -0.05) is 31.2 Å². The van der Waals surface area contributed by atoms with Crippen molar-refractivity contribution in [3.8, 4) is 5.75 Å². The molecule has 1 nitrogen and oxygen atoms in total. The molecule has 0 amide bonds. The van der Waals surface area contributed by atoms with E-state index in [1.807, 2.05) is 6.07 Å². The third-order valence-electron chi connectivity index (χ3n) is 10.5. The number of alkyl halides is 2. The van der Waals surface area contributed by atoms with Gasteiger partial charge in [-0.2, -0.15) is 8.78 Å². The first-order valence-electron chi connectivity index (χ1n) is 16.2. The molecule has 0 bridgehead atoms. The first kappa shape index (κ1) is 31.1. The first-order valence-corrected chi connectivity index (χ1v) is 16.2. The summed E-state index contributed by atoms with van der Waals surface area (Å²) in [7, 11) is 0. The molecule has 42 heavy (non-hydrogen) atoms. The second-order valence-electron chi connectivity index (χ2n) is 13.1. The molecular formula is C36H45F5O. The predicted molar refractivity (Wildman–Crippen MR) is 157 cm³/mol. The molecule has 0 spiro atoms. The van der Waals surface area contributed by atoms with Crippen LogP contribution in [-0.4, -0.2) is 6.11 Å². The number of allylic oxidation sites excluding steroid dienone is 2. The Bertz CT molecular complexity index is 1190. The van der Waals surface area contributed by atoms with Crippen LogP contribution in [0.1, 0.15) is 120 Å². The molecule has 0 heterocycles. The molecule has 2 aromatic carbocycles. The molecule has 3 aliphatic rings. The Morgan fingerprint density at radius 2 is 1.33 bits per heavy atom. The average molecular weight is 589 g/mol. The van der Waals surface area contributed by atoms with E-state index in [2.05, 4.69) is 25.1 Å². The van der Waals surface area contributed by atoms with Crippen LogP contribution >= 0.6 is 0 Å². The highest BCUT2D eigenvalue weighted by Gasteiger charge is 2.44. The molecule has 0 saturated heterocycles. The third kappa shape index (κ3) is 7.58. The summed E-state index contributed by atoms with van der Waals surface area (Å²) in [6.45, 7) is 2.19. The number of halogens is 5. The van der Waals surface area contributed by atoms with Gasteiger partial charge >= 0.3 is 6.11 Å². The van der Waals surface area contributed by atoms with E-state index in [4.69, 9.17) is 4.74 Å². The Morgan fingerprint density at radius 3 is 1.95 bits per heavy atom. The summed E-state index contributed by atoms with van der Waals surface area (Å²) < 4.78 is 76.3. The number of rotatable bonds is 9. The van der Waals surface area contributed by atoms with Gasteiger partial charge in [-0.3, -0.25) is 0 Å². The number of hydrogen-bond acceptors (Lipinski definition) is 1. The molecule has 3 saturated carbocycles. The normalized spacial score (nSPS) is 29.1. The van der Waals surface area contributed by atoms with E-state index >= 15 is 4.39 Å². The van der Waals surface area contributed by atoms with E-state index in [1.54, 1.807) is 6.07 Å². The standard InChI is InChI=1S/C36H45F5O/c1-2-3-4-5-24-6-8-25(9-7-24)26-10-12-27(13-11-26)29-16-20-32(34(38)22-29)28-14-17-30(18-15-28)36(40,41)42-31-19-21-33(37)35(39)23-31/h3-4,16,19-28,30H,2,5-15,17-18H2,1H3/b4-3-. The van der Waals surface area contributed by atoms with Crippen LogP contribution in [0.2, 0.25) is 0 Å². The van der Waals surface area contributed by atoms with Crippen molar-refractivity contribution in [1.29, 1.82) is 0 Å². The minimum absolute atomic E-state index is 0.113. The molecule has 0 N–H and O–H groups in total. The summed E-state index contributed by atoms with van der Waals surface area (Å²) in [5.74, 6) is -1.25. The van der Waals surface area contributed by atoms with Crippen molar-refractivity contribution in [1.82, 2.24) is 0 Å².